The van der Waals surface area contributed by atoms with E-state index in [1.54, 1.807) is 0 Å². The van der Waals surface area contributed by atoms with Crippen LogP contribution in [0.15, 0.2) is 0 Å². The van der Waals surface area contributed by atoms with Crippen LogP contribution in [-0.4, -0.2) is 85.4 Å². The van der Waals surface area contributed by atoms with Gasteiger partial charge in [-0.25, -0.2) is 0 Å². The van der Waals surface area contributed by atoms with E-state index in [2.05, 4.69) is 23.6 Å². The molecule has 6 fully saturated rings. The van der Waals surface area contributed by atoms with Crippen molar-refractivity contribution in [3.8, 4) is 0 Å². The Balaban J connectivity index is 1.27. The fourth-order valence-electron chi connectivity index (χ4n) is 11.1. The molecular formula is C35H58N2O5. The van der Waals surface area contributed by atoms with E-state index in [1.807, 2.05) is 13.8 Å². The lowest BCUT2D eigenvalue weighted by Gasteiger charge is -2.62. The molecule has 4 saturated carbocycles. The Kier molecular flexibility index (Phi) is 9.30. The van der Waals surface area contributed by atoms with Crippen LogP contribution in [0.5, 0.6) is 0 Å². The predicted octanol–water partition coefficient (Wildman–Crippen LogP) is 5.84. The van der Waals surface area contributed by atoms with Gasteiger partial charge in [0.25, 0.3) is 0 Å². The first kappa shape index (κ1) is 30.8. The summed E-state index contributed by atoms with van der Waals surface area (Å²) in [4.78, 5) is 30.7. The third-order valence-electron chi connectivity index (χ3n) is 13.3. The highest BCUT2D eigenvalue weighted by atomic mass is 16.5. The van der Waals surface area contributed by atoms with Crippen molar-refractivity contribution >= 4 is 11.9 Å². The van der Waals surface area contributed by atoms with Crippen molar-refractivity contribution < 1.29 is 23.8 Å². The second-order valence-electron chi connectivity index (χ2n) is 15.3. The second-order valence-corrected chi connectivity index (χ2v) is 15.3. The van der Waals surface area contributed by atoms with Gasteiger partial charge in [-0.3, -0.25) is 19.4 Å². The van der Waals surface area contributed by atoms with Crippen LogP contribution < -0.4 is 0 Å². The molecule has 0 N–H and O–H groups in total. The molecule has 0 amide bonds. The number of carbonyl (C=O) groups is 2. The topological polar surface area (TPSA) is 68.3 Å². The highest BCUT2D eigenvalue weighted by Gasteiger charge is 2.65. The van der Waals surface area contributed by atoms with Crippen molar-refractivity contribution in [3.63, 3.8) is 0 Å². The van der Waals surface area contributed by atoms with Gasteiger partial charge < -0.3 is 14.2 Å². The molecule has 2 saturated heterocycles. The molecule has 4 aliphatic carbocycles. The lowest BCUT2D eigenvalue weighted by Crippen LogP contribution is -2.61. The Labute approximate surface area is 254 Å². The largest absolute Gasteiger partial charge is 0.461 e. The van der Waals surface area contributed by atoms with Gasteiger partial charge in [-0.05, 0) is 100.0 Å². The fraction of sp³-hybridized carbons (Fsp3) is 0.943. The molecule has 7 nitrogen and oxygen atoms in total. The Hall–Kier alpha value is -1.18. The van der Waals surface area contributed by atoms with Crippen molar-refractivity contribution in [2.24, 2.45) is 34.5 Å². The van der Waals surface area contributed by atoms with Crippen molar-refractivity contribution in [1.29, 1.82) is 0 Å². The zero-order valence-corrected chi connectivity index (χ0v) is 27.0. The van der Waals surface area contributed by atoms with Crippen LogP contribution in [0.3, 0.4) is 0 Å². The van der Waals surface area contributed by atoms with Crippen LogP contribution in [0.4, 0.5) is 0 Å². The van der Waals surface area contributed by atoms with Gasteiger partial charge in [0.2, 0.25) is 0 Å². The van der Waals surface area contributed by atoms with Gasteiger partial charge in [-0.1, -0.05) is 40.5 Å². The highest BCUT2D eigenvalue weighted by molar-refractivity contribution is 5.69. The Morgan fingerprint density at radius 3 is 2.12 bits per heavy atom. The maximum atomic E-state index is 12.8. The molecule has 238 valence electrons. The molecule has 42 heavy (non-hydrogen) atoms. The normalized spacial score (nSPS) is 44.8. The molecule has 2 aliphatic heterocycles. The molecular weight excluding hydrogens is 528 g/mol. The third kappa shape index (κ3) is 5.57. The van der Waals surface area contributed by atoms with Crippen molar-refractivity contribution in [3.05, 3.63) is 0 Å². The number of likely N-dealkylation sites (tertiary alicyclic amines) is 1. The minimum Gasteiger partial charge on any atom is -0.461 e. The maximum Gasteiger partial charge on any atom is 0.305 e. The fourth-order valence-corrected chi connectivity index (χ4v) is 11.1. The third-order valence-corrected chi connectivity index (χ3v) is 13.3. The second kappa shape index (κ2) is 12.7. The zero-order chi connectivity index (χ0) is 29.5. The quantitative estimate of drug-likeness (QED) is 0.363. The van der Waals surface area contributed by atoms with Gasteiger partial charge in [0, 0.05) is 43.4 Å². The number of hydrogen-bond acceptors (Lipinski definition) is 7. The van der Waals surface area contributed by atoms with E-state index < -0.39 is 0 Å². The lowest BCUT2D eigenvalue weighted by molar-refractivity contribution is -0.183. The van der Waals surface area contributed by atoms with Crippen molar-refractivity contribution in [1.82, 2.24) is 9.80 Å². The number of fused-ring (bicyclic) bond motifs is 5. The van der Waals surface area contributed by atoms with E-state index >= 15 is 0 Å². The summed E-state index contributed by atoms with van der Waals surface area (Å²) in [5.41, 5.74) is 0.308. The minimum absolute atomic E-state index is 0.00392. The van der Waals surface area contributed by atoms with E-state index in [4.69, 9.17) is 14.2 Å². The van der Waals surface area contributed by atoms with Crippen LogP contribution in [0.25, 0.3) is 0 Å². The van der Waals surface area contributed by atoms with Crippen LogP contribution >= 0.6 is 0 Å². The summed E-state index contributed by atoms with van der Waals surface area (Å²) in [6.07, 6.45) is 14.3. The zero-order valence-electron chi connectivity index (χ0n) is 27.0. The highest BCUT2D eigenvalue weighted by Crippen LogP contribution is 2.67. The van der Waals surface area contributed by atoms with E-state index in [-0.39, 0.29) is 41.0 Å². The monoisotopic (exact) mass is 586 g/mol. The van der Waals surface area contributed by atoms with Gasteiger partial charge >= 0.3 is 11.9 Å². The standard InChI is InChI=1S/C35H58N2O5/c1-5-31(38)41-30-21-24-11-12-25-26(35(24,4)23-29(30)37-17-19-40-20-18-37)13-14-34(3)27(25)22-28(33(34)42-32(39)6-2)36-15-9-7-8-10-16-36/h24-30,33H,5-23H2,1-4H3/t24-,25+,26-,27-,28-,29-,30-,33-,34-,35-/m0/s1. The number of carbonyl (C=O) groups excluding carboxylic acids is 2. The number of hydrogen-bond donors (Lipinski definition) is 0. The Bertz CT molecular complexity index is 961. The van der Waals surface area contributed by atoms with Gasteiger partial charge in [-0.15, -0.1) is 0 Å². The van der Waals surface area contributed by atoms with Gasteiger partial charge in [-0.2, -0.15) is 0 Å². The van der Waals surface area contributed by atoms with Crippen molar-refractivity contribution in [2.45, 2.75) is 135 Å². The summed E-state index contributed by atoms with van der Waals surface area (Å²) in [5, 5.41) is 0. The number of ether oxygens (including phenoxy) is 3. The summed E-state index contributed by atoms with van der Waals surface area (Å²) < 4.78 is 18.4. The molecule has 0 unspecified atom stereocenters. The van der Waals surface area contributed by atoms with E-state index in [9.17, 15) is 9.59 Å². The van der Waals surface area contributed by atoms with E-state index in [1.165, 1.54) is 51.4 Å². The molecule has 10 atom stereocenters. The summed E-state index contributed by atoms with van der Waals surface area (Å²) in [5.74, 6) is 2.51. The molecule has 0 bridgehead atoms. The van der Waals surface area contributed by atoms with E-state index in [0.717, 1.165) is 58.7 Å². The Morgan fingerprint density at radius 2 is 1.43 bits per heavy atom. The molecule has 0 aromatic heterocycles. The Morgan fingerprint density at radius 1 is 0.762 bits per heavy atom. The SMILES string of the molecule is CCC(=O)O[C@H]1C[C@@H]2CC[C@@H]3[C@H](CC[C@@]4(C)[C@H]3C[C@H](N3CCCCCC3)[C@@H]4OC(=O)CC)[C@@]2(C)C[C@@H]1N1CCOCC1. The average molecular weight is 587 g/mol. The van der Waals surface area contributed by atoms with Gasteiger partial charge in [0.1, 0.15) is 12.2 Å². The first-order valence-corrected chi connectivity index (χ1v) is 17.7. The summed E-state index contributed by atoms with van der Waals surface area (Å²) in [7, 11) is 0. The smallest absolute Gasteiger partial charge is 0.305 e. The molecule has 0 spiro atoms. The first-order valence-electron chi connectivity index (χ1n) is 17.7. The minimum atomic E-state index is -0.0536. The van der Waals surface area contributed by atoms with E-state index in [0.29, 0.717) is 42.6 Å². The van der Waals surface area contributed by atoms with Crippen molar-refractivity contribution in [2.75, 3.05) is 39.4 Å². The number of esters is 2. The number of rotatable bonds is 6. The van der Waals surface area contributed by atoms with Gasteiger partial charge in [0.15, 0.2) is 0 Å². The molecule has 7 heteroatoms. The molecule has 0 radical (unpaired) electrons. The van der Waals surface area contributed by atoms with Crippen LogP contribution in [-0.2, 0) is 23.8 Å². The first-order chi connectivity index (χ1) is 20.3. The van der Waals surface area contributed by atoms with Crippen LogP contribution in [0.1, 0.15) is 111 Å². The maximum absolute atomic E-state index is 12.8. The number of nitrogens with zero attached hydrogens (tertiary/aromatic N) is 2. The lowest BCUT2D eigenvalue weighted by atomic mass is 9.44. The summed E-state index contributed by atoms with van der Waals surface area (Å²) >= 11 is 0. The summed E-state index contributed by atoms with van der Waals surface area (Å²) in [6.45, 7) is 14.7. The summed E-state index contributed by atoms with van der Waals surface area (Å²) in [6, 6.07) is 0.646. The average Bonchev–Trinajstić information content (AvgIpc) is 3.13. The molecule has 0 aromatic carbocycles. The van der Waals surface area contributed by atoms with Gasteiger partial charge in [0.05, 0.1) is 13.2 Å². The molecule has 6 rings (SSSR count). The van der Waals surface area contributed by atoms with Crippen LogP contribution in [0, 0.1) is 34.5 Å². The predicted molar refractivity (Wildman–Crippen MR) is 163 cm³/mol. The molecule has 6 aliphatic rings. The number of morpholine rings is 1. The molecule has 0 aromatic rings. The molecule has 2 heterocycles. The van der Waals surface area contributed by atoms with Crippen LogP contribution in [0.2, 0.25) is 0 Å².